The number of aromatic amines is 1. The van der Waals surface area contributed by atoms with Crippen LogP contribution in [0.3, 0.4) is 0 Å². The minimum Gasteiger partial charge on any atom is -0.450 e. The van der Waals surface area contributed by atoms with Crippen molar-refractivity contribution in [2.75, 3.05) is 25.4 Å². The van der Waals surface area contributed by atoms with E-state index in [4.69, 9.17) is 0 Å². The van der Waals surface area contributed by atoms with E-state index in [0.29, 0.717) is 11.7 Å². The van der Waals surface area contributed by atoms with Gasteiger partial charge in [-0.2, -0.15) is 0 Å². The molecule has 0 bridgehead atoms. The zero-order chi connectivity index (χ0) is 19.1. The Morgan fingerprint density at radius 2 is 2.08 bits per heavy atom. The maximum Gasteiger partial charge on any atom is 0.413 e. The average molecular weight is 378 g/mol. The van der Waals surface area contributed by atoms with E-state index in [9.17, 15) is 14.4 Å². The normalized spacial score (nSPS) is 10.6. The van der Waals surface area contributed by atoms with Gasteiger partial charge in [0, 0.05) is 6.54 Å². The number of thioether (sulfide) groups is 1. The molecular formula is C17H22N4O4S. The molecule has 0 aliphatic rings. The molecule has 3 amide bonds. The number of H-pyrrole nitrogens is 1. The minimum absolute atomic E-state index is 0.138. The van der Waals surface area contributed by atoms with Crippen LogP contribution in [0.5, 0.6) is 0 Å². The Hall–Kier alpha value is -2.55. The van der Waals surface area contributed by atoms with E-state index in [1.807, 2.05) is 25.1 Å². The molecule has 0 saturated carbocycles. The largest absolute Gasteiger partial charge is 0.450 e. The maximum absolute atomic E-state index is 12.3. The lowest BCUT2D eigenvalue weighted by atomic mass is 10.2. The fourth-order valence-corrected chi connectivity index (χ4v) is 3.05. The quantitative estimate of drug-likeness (QED) is 0.715. The van der Waals surface area contributed by atoms with E-state index in [0.717, 1.165) is 16.6 Å². The molecule has 0 unspecified atom stereocenters. The summed E-state index contributed by atoms with van der Waals surface area (Å²) >= 11 is 1.27. The third kappa shape index (κ3) is 5.48. The van der Waals surface area contributed by atoms with E-state index in [2.05, 4.69) is 20.0 Å². The number of aromatic nitrogens is 2. The maximum atomic E-state index is 12.3. The molecule has 0 saturated heterocycles. The van der Waals surface area contributed by atoms with Gasteiger partial charge in [0.25, 0.3) is 0 Å². The molecule has 26 heavy (non-hydrogen) atoms. The van der Waals surface area contributed by atoms with Crippen LogP contribution in [-0.4, -0.2) is 58.2 Å². The van der Waals surface area contributed by atoms with Gasteiger partial charge >= 0.3 is 6.09 Å². The summed E-state index contributed by atoms with van der Waals surface area (Å²) in [4.78, 5) is 44.3. The fraction of sp³-hybridized carbons (Fsp3) is 0.412. The van der Waals surface area contributed by atoms with E-state index in [1.165, 1.54) is 16.7 Å². The second kappa shape index (κ2) is 9.23. The van der Waals surface area contributed by atoms with E-state index < -0.39 is 12.0 Å². The molecule has 0 fully saturated rings. The van der Waals surface area contributed by atoms with Crippen LogP contribution in [0.2, 0.25) is 0 Å². The molecule has 1 heterocycles. The van der Waals surface area contributed by atoms with Gasteiger partial charge in [-0.25, -0.2) is 9.78 Å². The lowest BCUT2D eigenvalue weighted by molar-refractivity contribution is -0.133. The number of imide groups is 1. The minimum atomic E-state index is -0.812. The summed E-state index contributed by atoms with van der Waals surface area (Å²) in [5.74, 6) is -0.657. The molecule has 2 rings (SSSR count). The number of amides is 3. The number of hydrogen-bond donors (Lipinski definition) is 2. The Balaban J connectivity index is 1.89. The van der Waals surface area contributed by atoms with Crippen molar-refractivity contribution in [1.82, 2.24) is 20.2 Å². The number of nitrogens with zero attached hydrogens (tertiary/aromatic N) is 2. The van der Waals surface area contributed by atoms with Crippen LogP contribution in [0.1, 0.15) is 19.4 Å². The number of hydrogen-bond acceptors (Lipinski definition) is 6. The van der Waals surface area contributed by atoms with Gasteiger partial charge < -0.3 is 14.6 Å². The number of carbonyl (C=O) groups excluding carboxylic acids is 3. The van der Waals surface area contributed by atoms with Crippen LogP contribution >= 0.6 is 11.8 Å². The third-order valence-electron chi connectivity index (χ3n) is 3.53. The zero-order valence-electron chi connectivity index (χ0n) is 15.0. The smallest absolute Gasteiger partial charge is 0.413 e. The number of imidazole rings is 1. The standard InChI is InChI=1S/C17H22N4O4S/c1-4-21(9-14(22)20-17(24)25-5-2)15(23)10-26-16-18-12-7-6-11(3)8-13(12)19-16/h6-8H,4-5,9-10H2,1-3H3,(H,18,19)(H,20,22,24). The third-order valence-corrected chi connectivity index (χ3v) is 4.39. The summed E-state index contributed by atoms with van der Waals surface area (Å²) in [6, 6.07) is 5.89. The second-order valence-corrected chi connectivity index (χ2v) is 6.49. The van der Waals surface area contributed by atoms with Crippen LogP contribution in [0.4, 0.5) is 4.79 Å². The van der Waals surface area contributed by atoms with Crippen LogP contribution < -0.4 is 5.32 Å². The van der Waals surface area contributed by atoms with E-state index in [1.54, 1.807) is 13.8 Å². The second-order valence-electron chi connectivity index (χ2n) is 5.53. The zero-order valence-corrected chi connectivity index (χ0v) is 15.8. The first kappa shape index (κ1) is 19.8. The summed E-state index contributed by atoms with van der Waals surface area (Å²) in [5.41, 5.74) is 2.88. The van der Waals surface area contributed by atoms with Crippen molar-refractivity contribution < 1.29 is 19.1 Å². The van der Waals surface area contributed by atoms with E-state index >= 15 is 0 Å². The molecule has 0 aliphatic carbocycles. The number of likely N-dealkylation sites (N-methyl/N-ethyl adjacent to an activating group) is 1. The lowest BCUT2D eigenvalue weighted by Gasteiger charge is -2.19. The molecule has 9 heteroatoms. The molecule has 0 spiro atoms. The first-order chi connectivity index (χ1) is 12.4. The number of carbonyl (C=O) groups is 3. The number of ether oxygens (including phenoxy) is 1. The number of fused-ring (bicyclic) bond motifs is 1. The number of aryl methyl sites for hydroxylation is 1. The van der Waals surface area contributed by atoms with Gasteiger partial charge in [-0.3, -0.25) is 14.9 Å². The Morgan fingerprint density at radius 1 is 1.31 bits per heavy atom. The highest BCUT2D eigenvalue weighted by atomic mass is 32.2. The summed E-state index contributed by atoms with van der Waals surface area (Å²) < 4.78 is 4.64. The Morgan fingerprint density at radius 3 is 2.77 bits per heavy atom. The van der Waals surface area contributed by atoms with Crippen LogP contribution in [0.15, 0.2) is 23.4 Å². The van der Waals surface area contributed by atoms with Gasteiger partial charge in [-0.05, 0) is 38.5 Å². The Bertz CT molecular complexity index is 805. The monoisotopic (exact) mass is 378 g/mol. The van der Waals surface area contributed by atoms with Crippen molar-refractivity contribution in [1.29, 1.82) is 0 Å². The van der Waals surface area contributed by atoms with Crippen LogP contribution in [-0.2, 0) is 14.3 Å². The predicted octanol–water partition coefficient (Wildman–Crippen LogP) is 2.08. The summed E-state index contributed by atoms with van der Waals surface area (Å²) in [6.07, 6.45) is -0.812. The highest BCUT2D eigenvalue weighted by Gasteiger charge is 2.18. The summed E-state index contributed by atoms with van der Waals surface area (Å²) in [5, 5.41) is 2.72. The molecule has 140 valence electrons. The van der Waals surface area contributed by atoms with Crippen molar-refractivity contribution in [3.63, 3.8) is 0 Å². The fourth-order valence-electron chi connectivity index (χ4n) is 2.26. The van der Waals surface area contributed by atoms with Crippen molar-refractivity contribution >= 4 is 40.7 Å². The highest BCUT2D eigenvalue weighted by Crippen LogP contribution is 2.20. The van der Waals surface area contributed by atoms with Gasteiger partial charge in [0.1, 0.15) is 6.54 Å². The first-order valence-corrected chi connectivity index (χ1v) is 9.25. The molecule has 1 aromatic heterocycles. The summed E-state index contributed by atoms with van der Waals surface area (Å²) in [7, 11) is 0. The number of rotatable bonds is 7. The summed E-state index contributed by atoms with van der Waals surface area (Å²) in [6.45, 7) is 5.73. The number of alkyl carbamates (subject to hydrolysis) is 1. The molecular weight excluding hydrogens is 356 g/mol. The SMILES string of the molecule is CCOC(=O)NC(=O)CN(CC)C(=O)CSc1nc2ccc(C)cc2[nH]1. The number of nitrogens with one attached hydrogen (secondary N) is 2. The molecule has 1 aromatic carbocycles. The molecule has 8 nitrogen and oxygen atoms in total. The number of benzene rings is 1. The van der Waals surface area contributed by atoms with Gasteiger partial charge in [0.05, 0.1) is 23.4 Å². The molecule has 2 aromatic rings. The first-order valence-electron chi connectivity index (χ1n) is 8.26. The molecule has 0 aliphatic heterocycles. The van der Waals surface area contributed by atoms with Crippen LogP contribution in [0.25, 0.3) is 11.0 Å². The van der Waals surface area contributed by atoms with Crippen molar-refractivity contribution in [2.24, 2.45) is 0 Å². The van der Waals surface area contributed by atoms with Gasteiger partial charge in [-0.15, -0.1) is 0 Å². The lowest BCUT2D eigenvalue weighted by Crippen LogP contribution is -2.43. The van der Waals surface area contributed by atoms with E-state index in [-0.39, 0.29) is 24.8 Å². The Labute approximate surface area is 155 Å². The van der Waals surface area contributed by atoms with Crippen molar-refractivity contribution in [2.45, 2.75) is 25.9 Å². The van der Waals surface area contributed by atoms with Gasteiger partial charge in [0.2, 0.25) is 11.8 Å². The van der Waals surface area contributed by atoms with Gasteiger partial charge in [0.15, 0.2) is 5.16 Å². The molecule has 2 N–H and O–H groups in total. The molecule has 0 radical (unpaired) electrons. The van der Waals surface area contributed by atoms with Crippen molar-refractivity contribution in [3.8, 4) is 0 Å². The molecule has 0 atom stereocenters. The Kier molecular flexibility index (Phi) is 7.02. The van der Waals surface area contributed by atoms with Gasteiger partial charge in [-0.1, -0.05) is 17.8 Å². The van der Waals surface area contributed by atoms with Crippen molar-refractivity contribution in [3.05, 3.63) is 23.8 Å². The average Bonchev–Trinajstić information content (AvgIpc) is 2.99. The predicted molar refractivity (Wildman–Crippen MR) is 99.0 cm³/mol. The highest BCUT2D eigenvalue weighted by molar-refractivity contribution is 7.99. The van der Waals surface area contributed by atoms with Crippen LogP contribution in [0, 0.1) is 6.92 Å². The topological polar surface area (TPSA) is 104 Å².